The van der Waals surface area contributed by atoms with E-state index in [1.165, 1.54) is 0 Å². The van der Waals surface area contributed by atoms with Crippen LogP contribution in [0.1, 0.15) is 19.6 Å². The van der Waals surface area contributed by atoms with Gasteiger partial charge in [0.2, 0.25) is 0 Å². The lowest BCUT2D eigenvalue weighted by Crippen LogP contribution is -1.96. The monoisotopic (exact) mass is 246 g/mol. The second-order valence-corrected chi connectivity index (χ2v) is 4.69. The van der Waals surface area contributed by atoms with Gasteiger partial charge in [-0.1, -0.05) is 31.1 Å². The first-order chi connectivity index (χ1) is 8.61. The zero-order chi connectivity index (χ0) is 13.1. The van der Waals surface area contributed by atoms with Gasteiger partial charge in [0, 0.05) is 6.42 Å². The van der Waals surface area contributed by atoms with Crippen molar-refractivity contribution in [1.29, 1.82) is 0 Å². The lowest BCUT2D eigenvalue weighted by Gasteiger charge is -2.06. The van der Waals surface area contributed by atoms with Crippen LogP contribution in [-0.2, 0) is 6.42 Å². The predicted molar refractivity (Wildman–Crippen MR) is 71.4 cm³/mol. The minimum absolute atomic E-state index is 0.441. The van der Waals surface area contributed by atoms with Gasteiger partial charge < -0.3 is 15.0 Å². The van der Waals surface area contributed by atoms with Gasteiger partial charge in [-0.15, -0.1) is 0 Å². The highest BCUT2D eigenvalue weighted by Gasteiger charge is 2.16. The molecule has 1 heterocycles. The first-order valence-electron chi connectivity index (χ1n) is 6.00. The molecule has 0 radical (unpaired) electrons. The summed E-state index contributed by atoms with van der Waals surface area (Å²) < 4.78 is 10.5. The van der Waals surface area contributed by atoms with Crippen molar-refractivity contribution < 1.29 is 9.26 Å². The van der Waals surface area contributed by atoms with E-state index in [0.29, 0.717) is 11.7 Å². The maximum Gasteiger partial charge on any atom is 0.175 e. The molecular weight excluding hydrogens is 228 g/mol. The summed E-state index contributed by atoms with van der Waals surface area (Å²) in [6, 6.07) is 7.74. The lowest BCUT2D eigenvalue weighted by atomic mass is 10.0. The van der Waals surface area contributed by atoms with E-state index in [2.05, 4.69) is 19.0 Å². The summed E-state index contributed by atoms with van der Waals surface area (Å²) in [6.45, 7) is 4.27. The minimum Gasteiger partial charge on any atom is -0.497 e. The van der Waals surface area contributed by atoms with Crippen molar-refractivity contribution in [2.45, 2.75) is 20.3 Å². The number of rotatable bonds is 4. The molecule has 0 aliphatic carbocycles. The SMILES string of the molecule is COc1ccc(-c2c(N)noc2CC(C)C)cc1. The molecule has 0 spiro atoms. The zero-order valence-electron chi connectivity index (χ0n) is 10.9. The van der Waals surface area contributed by atoms with E-state index in [0.717, 1.165) is 29.1 Å². The number of hydrogen-bond acceptors (Lipinski definition) is 4. The molecule has 4 nitrogen and oxygen atoms in total. The molecule has 0 fully saturated rings. The van der Waals surface area contributed by atoms with E-state index in [9.17, 15) is 0 Å². The third kappa shape index (κ3) is 2.47. The van der Waals surface area contributed by atoms with Crippen molar-refractivity contribution in [2.75, 3.05) is 12.8 Å². The molecule has 0 unspecified atom stereocenters. The minimum atomic E-state index is 0.441. The predicted octanol–water partition coefficient (Wildman–Crippen LogP) is 3.13. The Bertz CT molecular complexity index is 515. The Morgan fingerprint density at radius 3 is 2.50 bits per heavy atom. The van der Waals surface area contributed by atoms with E-state index in [1.54, 1.807) is 7.11 Å². The Balaban J connectivity index is 2.39. The van der Waals surface area contributed by atoms with Crippen LogP contribution in [0.25, 0.3) is 11.1 Å². The summed E-state index contributed by atoms with van der Waals surface area (Å²) in [5, 5.41) is 3.86. The van der Waals surface area contributed by atoms with Crippen LogP contribution in [0.15, 0.2) is 28.8 Å². The van der Waals surface area contributed by atoms with Crippen LogP contribution in [0.3, 0.4) is 0 Å². The Morgan fingerprint density at radius 2 is 1.94 bits per heavy atom. The van der Waals surface area contributed by atoms with Gasteiger partial charge in [-0.05, 0) is 23.6 Å². The molecule has 0 atom stereocenters. The van der Waals surface area contributed by atoms with E-state index in [-0.39, 0.29) is 0 Å². The largest absolute Gasteiger partial charge is 0.497 e. The zero-order valence-corrected chi connectivity index (χ0v) is 10.9. The highest BCUT2D eigenvalue weighted by molar-refractivity contribution is 5.75. The van der Waals surface area contributed by atoms with Gasteiger partial charge in [0.25, 0.3) is 0 Å². The molecule has 96 valence electrons. The highest BCUT2D eigenvalue weighted by atomic mass is 16.5. The van der Waals surface area contributed by atoms with Crippen LogP contribution in [0, 0.1) is 5.92 Å². The van der Waals surface area contributed by atoms with Gasteiger partial charge in [0.1, 0.15) is 11.5 Å². The summed E-state index contributed by atoms with van der Waals surface area (Å²) >= 11 is 0. The van der Waals surface area contributed by atoms with Crippen LogP contribution in [0.5, 0.6) is 5.75 Å². The van der Waals surface area contributed by atoms with Gasteiger partial charge in [-0.2, -0.15) is 0 Å². The maximum atomic E-state index is 5.88. The van der Waals surface area contributed by atoms with E-state index >= 15 is 0 Å². The summed E-state index contributed by atoms with van der Waals surface area (Å²) in [5.41, 5.74) is 7.78. The second-order valence-electron chi connectivity index (χ2n) is 4.69. The number of benzene rings is 1. The molecule has 4 heteroatoms. The molecule has 0 bridgehead atoms. The molecule has 0 saturated carbocycles. The smallest absolute Gasteiger partial charge is 0.175 e. The first kappa shape index (κ1) is 12.5. The van der Waals surface area contributed by atoms with Crippen molar-refractivity contribution in [3.05, 3.63) is 30.0 Å². The Labute approximate surface area is 107 Å². The molecule has 2 rings (SSSR count). The fourth-order valence-electron chi connectivity index (χ4n) is 1.92. The van der Waals surface area contributed by atoms with Gasteiger partial charge in [0.05, 0.1) is 12.7 Å². The second kappa shape index (κ2) is 5.12. The van der Waals surface area contributed by atoms with E-state index in [1.807, 2.05) is 24.3 Å². The van der Waals surface area contributed by atoms with Crippen LogP contribution in [0.2, 0.25) is 0 Å². The number of anilines is 1. The standard InChI is InChI=1S/C14H18N2O2/c1-9(2)8-12-13(14(15)16-18-12)10-4-6-11(17-3)7-5-10/h4-7,9H,8H2,1-3H3,(H2,15,16). The molecule has 2 aromatic rings. The topological polar surface area (TPSA) is 61.3 Å². The number of methoxy groups -OCH3 is 1. The van der Waals surface area contributed by atoms with Crippen molar-refractivity contribution in [3.8, 4) is 16.9 Å². The Kier molecular flexibility index (Phi) is 3.55. The summed E-state index contributed by atoms with van der Waals surface area (Å²) in [6.07, 6.45) is 0.825. The van der Waals surface area contributed by atoms with E-state index in [4.69, 9.17) is 15.0 Å². The quantitative estimate of drug-likeness (QED) is 0.900. The fraction of sp³-hybridized carbons (Fsp3) is 0.357. The van der Waals surface area contributed by atoms with Crippen LogP contribution in [0.4, 0.5) is 5.82 Å². The van der Waals surface area contributed by atoms with Crippen molar-refractivity contribution >= 4 is 5.82 Å². The van der Waals surface area contributed by atoms with Crippen molar-refractivity contribution in [3.63, 3.8) is 0 Å². The molecule has 1 aromatic carbocycles. The number of nitrogens with zero attached hydrogens (tertiary/aromatic N) is 1. The van der Waals surface area contributed by atoms with Gasteiger partial charge >= 0.3 is 0 Å². The van der Waals surface area contributed by atoms with Gasteiger partial charge in [-0.25, -0.2) is 0 Å². The van der Waals surface area contributed by atoms with Crippen molar-refractivity contribution in [1.82, 2.24) is 5.16 Å². The third-order valence-electron chi connectivity index (χ3n) is 2.76. The number of aromatic nitrogens is 1. The third-order valence-corrected chi connectivity index (χ3v) is 2.76. The Morgan fingerprint density at radius 1 is 1.28 bits per heavy atom. The highest BCUT2D eigenvalue weighted by Crippen LogP contribution is 2.32. The normalized spacial score (nSPS) is 10.9. The maximum absolute atomic E-state index is 5.88. The van der Waals surface area contributed by atoms with Gasteiger partial charge in [0.15, 0.2) is 5.82 Å². The van der Waals surface area contributed by atoms with Crippen LogP contribution < -0.4 is 10.5 Å². The number of ether oxygens (including phenoxy) is 1. The lowest BCUT2D eigenvalue weighted by molar-refractivity contribution is 0.372. The molecule has 0 amide bonds. The molecule has 18 heavy (non-hydrogen) atoms. The van der Waals surface area contributed by atoms with Gasteiger partial charge in [-0.3, -0.25) is 0 Å². The molecule has 0 aliphatic rings. The summed E-state index contributed by atoms with van der Waals surface area (Å²) in [5.74, 6) is 2.59. The molecule has 1 aromatic heterocycles. The molecule has 2 N–H and O–H groups in total. The van der Waals surface area contributed by atoms with E-state index < -0.39 is 0 Å². The van der Waals surface area contributed by atoms with Crippen molar-refractivity contribution in [2.24, 2.45) is 5.92 Å². The molecule has 0 saturated heterocycles. The number of nitrogen functional groups attached to an aromatic ring is 1. The fourth-order valence-corrected chi connectivity index (χ4v) is 1.92. The first-order valence-corrected chi connectivity index (χ1v) is 6.00. The molecular formula is C14H18N2O2. The average molecular weight is 246 g/mol. The van der Waals surface area contributed by atoms with Crippen LogP contribution >= 0.6 is 0 Å². The van der Waals surface area contributed by atoms with Crippen LogP contribution in [-0.4, -0.2) is 12.3 Å². The molecule has 0 aliphatic heterocycles. The number of nitrogens with two attached hydrogens (primary N) is 1. The number of hydrogen-bond donors (Lipinski definition) is 1. The summed E-state index contributed by atoms with van der Waals surface area (Å²) in [4.78, 5) is 0. The summed E-state index contributed by atoms with van der Waals surface area (Å²) in [7, 11) is 1.65. The Hall–Kier alpha value is -1.97. The average Bonchev–Trinajstić information content (AvgIpc) is 2.70.